The van der Waals surface area contributed by atoms with Crippen LogP contribution in [0.1, 0.15) is 0 Å². The highest BCUT2D eigenvalue weighted by Gasteiger charge is 2.56. The van der Waals surface area contributed by atoms with Crippen molar-refractivity contribution in [1.29, 1.82) is 0 Å². The van der Waals surface area contributed by atoms with E-state index in [0.717, 1.165) is 17.2 Å². The van der Waals surface area contributed by atoms with E-state index in [1.807, 2.05) is 0 Å². The molecular formula is C10H13N5O6. The van der Waals surface area contributed by atoms with E-state index in [2.05, 4.69) is 15.0 Å². The van der Waals surface area contributed by atoms with Gasteiger partial charge >= 0.3 is 0 Å². The molecule has 6 N–H and O–H groups in total. The summed E-state index contributed by atoms with van der Waals surface area (Å²) in [6, 6.07) is 0. The van der Waals surface area contributed by atoms with E-state index in [4.69, 9.17) is 9.84 Å². The molecule has 0 spiro atoms. The van der Waals surface area contributed by atoms with Crippen LogP contribution >= 0.6 is 0 Å². The molecule has 0 radical (unpaired) electrons. The molecule has 2 aromatic rings. The Balaban J connectivity index is 2.19. The maximum Gasteiger partial charge on any atom is 0.278 e. The van der Waals surface area contributed by atoms with Crippen molar-refractivity contribution in [3.8, 4) is 0 Å². The minimum absolute atomic E-state index is 0.0186. The van der Waals surface area contributed by atoms with Gasteiger partial charge in [0.2, 0.25) is 0 Å². The van der Waals surface area contributed by atoms with Crippen LogP contribution < -0.4 is 11.0 Å². The zero-order chi connectivity index (χ0) is 15.2. The smallest absolute Gasteiger partial charge is 0.278 e. The molecule has 3 rings (SSSR count). The molecule has 1 aliphatic rings. The number of fused-ring (bicyclic) bond motifs is 1. The summed E-state index contributed by atoms with van der Waals surface area (Å²) >= 11 is 0. The number of rotatable bonds is 3. The van der Waals surface area contributed by atoms with Gasteiger partial charge in [-0.25, -0.2) is 9.97 Å². The predicted octanol–water partition coefficient (Wildman–Crippen LogP) is -3.18. The molecule has 3 heterocycles. The van der Waals surface area contributed by atoms with Crippen molar-refractivity contribution in [3.63, 3.8) is 0 Å². The average Bonchev–Trinajstić information content (AvgIpc) is 3.03. The SMILES string of the molecule is O=c1[nH]cnc2c1ncn2[C@]1(NO)O[C@H](CO)[C@@H](O)[C@H]1O. The van der Waals surface area contributed by atoms with E-state index in [1.165, 1.54) is 0 Å². The van der Waals surface area contributed by atoms with Crippen LogP contribution in [0.15, 0.2) is 17.4 Å². The van der Waals surface area contributed by atoms with Gasteiger partial charge in [0, 0.05) is 0 Å². The lowest BCUT2D eigenvalue weighted by Crippen LogP contribution is -2.55. The number of hydrogen-bond acceptors (Lipinski definition) is 9. The molecule has 0 unspecified atom stereocenters. The van der Waals surface area contributed by atoms with E-state index >= 15 is 0 Å². The average molecular weight is 299 g/mol. The Bertz CT molecular complexity index is 715. The number of hydrogen-bond donors (Lipinski definition) is 6. The first-order chi connectivity index (χ1) is 10.0. The molecule has 0 aromatic carbocycles. The highest BCUT2D eigenvalue weighted by atomic mass is 16.6. The monoisotopic (exact) mass is 299 g/mol. The van der Waals surface area contributed by atoms with Crippen molar-refractivity contribution in [2.45, 2.75) is 24.2 Å². The number of aliphatic hydroxyl groups excluding tert-OH is 3. The van der Waals surface area contributed by atoms with Gasteiger partial charge in [0.1, 0.15) is 24.6 Å². The molecular weight excluding hydrogens is 286 g/mol. The van der Waals surface area contributed by atoms with Crippen molar-refractivity contribution in [1.82, 2.24) is 25.0 Å². The molecule has 4 atom stereocenters. The van der Waals surface area contributed by atoms with E-state index in [1.54, 1.807) is 5.48 Å². The van der Waals surface area contributed by atoms with Crippen LogP contribution in [-0.4, -0.2) is 65.0 Å². The van der Waals surface area contributed by atoms with Gasteiger partial charge in [-0.05, 0) is 0 Å². The Morgan fingerprint density at radius 3 is 2.86 bits per heavy atom. The van der Waals surface area contributed by atoms with Gasteiger partial charge in [-0.1, -0.05) is 0 Å². The number of hydroxylamine groups is 1. The van der Waals surface area contributed by atoms with Crippen LogP contribution in [0.4, 0.5) is 0 Å². The molecule has 114 valence electrons. The normalized spacial score (nSPS) is 32.9. The quantitative estimate of drug-likeness (QED) is 0.320. The Hall–Kier alpha value is -1.89. The fourth-order valence-corrected chi connectivity index (χ4v) is 2.38. The Morgan fingerprint density at radius 1 is 1.48 bits per heavy atom. The number of ether oxygens (including phenoxy) is 1. The van der Waals surface area contributed by atoms with Crippen molar-refractivity contribution in [3.05, 3.63) is 23.0 Å². The van der Waals surface area contributed by atoms with Crippen molar-refractivity contribution in [2.75, 3.05) is 6.61 Å². The zero-order valence-electron chi connectivity index (χ0n) is 10.5. The Kier molecular flexibility index (Phi) is 3.24. The van der Waals surface area contributed by atoms with Crippen LogP contribution in [0.25, 0.3) is 11.2 Å². The third-order valence-electron chi connectivity index (χ3n) is 3.47. The first-order valence-corrected chi connectivity index (χ1v) is 6.02. The molecule has 0 amide bonds. The second-order valence-corrected chi connectivity index (χ2v) is 4.60. The summed E-state index contributed by atoms with van der Waals surface area (Å²) in [4.78, 5) is 21.7. The molecule has 0 aliphatic carbocycles. The number of aromatic nitrogens is 4. The number of nitrogens with zero attached hydrogens (tertiary/aromatic N) is 3. The van der Waals surface area contributed by atoms with E-state index in [-0.39, 0.29) is 11.2 Å². The lowest BCUT2D eigenvalue weighted by atomic mass is 10.1. The maximum absolute atomic E-state index is 11.6. The number of nitrogens with one attached hydrogen (secondary N) is 2. The second kappa shape index (κ2) is 4.84. The van der Waals surface area contributed by atoms with E-state index in [0.29, 0.717) is 0 Å². The Morgan fingerprint density at radius 2 is 2.24 bits per heavy atom. The summed E-state index contributed by atoms with van der Waals surface area (Å²) in [5.41, 5.74) is 1.23. The third kappa shape index (κ3) is 1.80. The molecule has 2 aromatic heterocycles. The minimum atomic E-state index is -2.03. The van der Waals surface area contributed by atoms with Gasteiger partial charge in [-0.15, -0.1) is 0 Å². The van der Waals surface area contributed by atoms with Crippen LogP contribution in [0.5, 0.6) is 0 Å². The van der Waals surface area contributed by atoms with Gasteiger partial charge in [-0.3, -0.25) is 9.36 Å². The molecule has 0 saturated carbocycles. The van der Waals surface area contributed by atoms with Gasteiger partial charge in [0.15, 0.2) is 11.2 Å². The number of aliphatic hydroxyl groups is 3. The summed E-state index contributed by atoms with van der Waals surface area (Å²) in [7, 11) is 0. The molecule has 1 saturated heterocycles. The van der Waals surface area contributed by atoms with Crippen LogP contribution in [-0.2, 0) is 10.6 Å². The summed E-state index contributed by atoms with van der Waals surface area (Å²) in [6.07, 6.45) is -2.01. The van der Waals surface area contributed by atoms with Gasteiger partial charge in [-0.2, -0.15) is 5.48 Å². The standard InChI is InChI=1S/C10H13N5O6/c16-1-4-6(17)7(18)10(14-20,21-4)15-3-13-5-8(15)11-2-12-9(5)19/h2-4,6-7,14,16-18,20H,1H2,(H,11,12,19)/t4-,6-,7-,10+/m1/s1. The summed E-state index contributed by atoms with van der Waals surface area (Å²) in [5, 5.41) is 38.5. The molecule has 11 heteroatoms. The van der Waals surface area contributed by atoms with E-state index < -0.39 is 36.3 Å². The van der Waals surface area contributed by atoms with Crippen LogP contribution in [0, 0.1) is 0 Å². The topological polar surface area (TPSA) is 166 Å². The van der Waals surface area contributed by atoms with Gasteiger partial charge < -0.3 is 30.2 Å². The summed E-state index contributed by atoms with van der Waals surface area (Å²) in [6.45, 7) is -0.581. The molecule has 11 nitrogen and oxygen atoms in total. The van der Waals surface area contributed by atoms with Gasteiger partial charge in [0.05, 0.1) is 12.9 Å². The van der Waals surface area contributed by atoms with Crippen LogP contribution in [0.2, 0.25) is 0 Å². The lowest BCUT2D eigenvalue weighted by Gasteiger charge is -2.31. The first-order valence-electron chi connectivity index (χ1n) is 6.02. The van der Waals surface area contributed by atoms with Crippen LogP contribution in [0.3, 0.4) is 0 Å². The Labute approximate surface area is 116 Å². The molecule has 0 bridgehead atoms. The third-order valence-corrected chi connectivity index (χ3v) is 3.47. The van der Waals surface area contributed by atoms with Crippen molar-refractivity contribution < 1.29 is 25.3 Å². The predicted molar refractivity (Wildman–Crippen MR) is 65.0 cm³/mol. The fourth-order valence-electron chi connectivity index (χ4n) is 2.38. The summed E-state index contributed by atoms with van der Waals surface area (Å²) < 4.78 is 6.39. The highest BCUT2D eigenvalue weighted by molar-refractivity contribution is 5.69. The van der Waals surface area contributed by atoms with E-state index in [9.17, 15) is 20.2 Å². The number of H-pyrrole nitrogens is 1. The molecule has 21 heavy (non-hydrogen) atoms. The largest absolute Gasteiger partial charge is 0.394 e. The zero-order valence-corrected chi connectivity index (χ0v) is 10.5. The second-order valence-electron chi connectivity index (χ2n) is 4.60. The lowest BCUT2D eigenvalue weighted by molar-refractivity contribution is -0.220. The number of imidazole rings is 1. The maximum atomic E-state index is 11.6. The van der Waals surface area contributed by atoms with Gasteiger partial charge in [0.25, 0.3) is 11.4 Å². The first kappa shape index (κ1) is 14.1. The highest BCUT2D eigenvalue weighted by Crippen LogP contribution is 2.34. The van der Waals surface area contributed by atoms with Crippen molar-refractivity contribution in [2.24, 2.45) is 0 Å². The fraction of sp³-hybridized carbons (Fsp3) is 0.500. The minimum Gasteiger partial charge on any atom is -0.394 e. The number of aromatic amines is 1. The summed E-state index contributed by atoms with van der Waals surface area (Å²) in [5.74, 6) is -2.03. The molecule has 1 aliphatic heterocycles. The van der Waals surface area contributed by atoms with Crippen molar-refractivity contribution >= 4 is 11.2 Å². The molecule has 1 fully saturated rings.